The number of pyridine rings is 2. The summed E-state index contributed by atoms with van der Waals surface area (Å²) in [4.78, 5) is 9.19. The Balaban J connectivity index is 1.41. The summed E-state index contributed by atoms with van der Waals surface area (Å²) >= 11 is 0. The van der Waals surface area contributed by atoms with Crippen LogP contribution in [0.15, 0.2) is 66.9 Å². The van der Waals surface area contributed by atoms with E-state index in [1.807, 2.05) is 37.3 Å². The minimum Gasteiger partial charge on any atom is -0.379 e. The van der Waals surface area contributed by atoms with Crippen molar-refractivity contribution in [3.8, 4) is 22.5 Å². The maximum absolute atomic E-state index is 4.65. The molecule has 0 spiro atoms. The van der Waals surface area contributed by atoms with Crippen molar-refractivity contribution in [3.63, 3.8) is 0 Å². The summed E-state index contributed by atoms with van der Waals surface area (Å²) in [5.41, 5.74) is 9.32. The Morgan fingerprint density at radius 3 is 2.48 bits per heavy atom. The monoisotopic (exact) mass is 407 g/mol. The lowest BCUT2D eigenvalue weighted by Crippen LogP contribution is -2.05. The van der Waals surface area contributed by atoms with Gasteiger partial charge in [-0.05, 0) is 58.7 Å². The molecule has 0 aliphatic heterocycles. The van der Waals surface area contributed by atoms with Crippen molar-refractivity contribution < 1.29 is 0 Å². The average Bonchev–Trinajstić information content (AvgIpc) is 3.35. The molecule has 0 amide bonds. The third kappa shape index (κ3) is 3.61. The number of hydrogen-bond acceptors (Lipinski definition) is 6. The highest BCUT2D eigenvalue weighted by atomic mass is 15.5. The van der Waals surface area contributed by atoms with Gasteiger partial charge in [0.15, 0.2) is 5.82 Å². The highest BCUT2D eigenvalue weighted by Gasteiger charge is 2.12. The molecule has 2 N–H and O–H groups in total. The summed E-state index contributed by atoms with van der Waals surface area (Å²) in [5.74, 6) is 0.657. The summed E-state index contributed by atoms with van der Waals surface area (Å²) in [6.45, 7) is 4.81. The summed E-state index contributed by atoms with van der Waals surface area (Å²) < 4.78 is 0. The van der Waals surface area contributed by atoms with Crippen molar-refractivity contribution >= 4 is 16.7 Å². The van der Waals surface area contributed by atoms with Gasteiger partial charge in [0.05, 0.1) is 11.2 Å². The number of hydrogen-bond donors (Lipinski definition) is 2. The van der Waals surface area contributed by atoms with Crippen molar-refractivity contribution in [2.75, 3.05) is 5.32 Å². The minimum atomic E-state index is 0.657. The Bertz CT molecular complexity index is 1340. The molecule has 0 atom stereocenters. The lowest BCUT2D eigenvalue weighted by Gasteiger charge is -2.14. The number of aromatic amines is 1. The second-order valence-electron chi connectivity index (χ2n) is 7.41. The van der Waals surface area contributed by atoms with Crippen LogP contribution in [0.2, 0.25) is 0 Å². The molecular formula is C24H21N7. The second kappa shape index (κ2) is 7.95. The first-order chi connectivity index (χ1) is 15.2. The van der Waals surface area contributed by atoms with Gasteiger partial charge in [-0.25, -0.2) is 5.10 Å². The van der Waals surface area contributed by atoms with Crippen LogP contribution in [0, 0.1) is 13.8 Å². The molecule has 3 heterocycles. The number of nitrogens with zero attached hydrogens (tertiary/aromatic N) is 5. The lowest BCUT2D eigenvalue weighted by atomic mass is 9.98. The van der Waals surface area contributed by atoms with Crippen LogP contribution in [0.25, 0.3) is 33.5 Å². The van der Waals surface area contributed by atoms with Gasteiger partial charge in [0.25, 0.3) is 0 Å². The van der Waals surface area contributed by atoms with Gasteiger partial charge in [-0.15, -0.1) is 5.10 Å². The van der Waals surface area contributed by atoms with E-state index in [1.165, 1.54) is 5.56 Å². The summed E-state index contributed by atoms with van der Waals surface area (Å²) in [5, 5.41) is 17.9. The molecule has 5 rings (SSSR count). The number of anilines is 1. The molecule has 7 nitrogen and oxygen atoms in total. The zero-order valence-electron chi connectivity index (χ0n) is 17.3. The van der Waals surface area contributed by atoms with Crippen molar-refractivity contribution in [2.24, 2.45) is 0 Å². The SMILES string of the molecule is Cc1nc2cccnc2c(NCc2ccc(-c3ccccc3-c3nnn[nH]3)cc2)c1C. The predicted octanol–water partition coefficient (Wildman–Crippen LogP) is 4.71. The first kappa shape index (κ1) is 18.9. The molecule has 31 heavy (non-hydrogen) atoms. The third-order valence-corrected chi connectivity index (χ3v) is 5.49. The van der Waals surface area contributed by atoms with E-state index >= 15 is 0 Å². The fourth-order valence-corrected chi connectivity index (χ4v) is 3.73. The van der Waals surface area contributed by atoms with Crippen molar-refractivity contribution in [1.82, 2.24) is 30.6 Å². The van der Waals surface area contributed by atoms with Crippen LogP contribution < -0.4 is 5.32 Å². The predicted molar refractivity (Wildman–Crippen MR) is 121 cm³/mol. The minimum absolute atomic E-state index is 0.657. The molecule has 7 heteroatoms. The van der Waals surface area contributed by atoms with E-state index < -0.39 is 0 Å². The van der Waals surface area contributed by atoms with E-state index in [2.05, 4.69) is 73.2 Å². The summed E-state index contributed by atoms with van der Waals surface area (Å²) in [6.07, 6.45) is 1.81. The number of H-pyrrole nitrogens is 1. The molecule has 0 aliphatic carbocycles. The number of aryl methyl sites for hydroxylation is 1. The first-order valence-corrected chi connectivity index (χ1v) is 10.1. The highest BCUT2D eigenvalue weighted by Crippen LogP contribution is 2.30. The Labute approximate surface area is 179 Å². The van der Waals surface area contributed by atoms with Crippen LogP contribution in [-0.4, -0.2) is 30.6 Å². The van der Waals surface area contributed by atoms with Gasteiger partial charge in [0, 0.05) is 24.0 Å². The van der Waals surface area contributed by atoms with Gasteiger partial charge in [-0.3, -0.25) is 9.97 Å². The molecule has 0 saturated carbocycles. The quantitative estimate of drug-likeness (QED) is 0.438. The lowest BCUT2D eigenvalue weighted by molar-refractivity contribution is 0.881. The number of tetrazole rings is 1. The van der Waals surface area contributed by atoms with Gasteiger partial charge in [0.1, 0.15) is 5.52 Å². The van der Waals surface area contributed by atoms with Crippen LogP contribution in [0.1, 0.15) is 16.8 Å². The van der Waals surface area contributed by atoms with Gasteiger partial charge in [0.2, 0.25) is 0 Å². The van der Waals surface area contributed by atoms with E-state index in [9.17, 15) is 0 Å². The van der Waals surface area contributed by atoms with Crippen molar-refractivity contribution in [1.29, 1.82) is 0 Å². The van der Waals surface area contributed by atoms with Crippen LogP contribution in [0.4, 0.5) is 5.69 Å². The smallest absolute Gasteiger partial charge is 0.180 e. The fraction of sp³-hybridized carbons (Fsp3) is 0.125. The van der Waals surface area contributed by atoms with Gasteiger partial charge in [-0.2, -0.15) is 0 Å². The molecule has 2 aromatic carbocycles. The Kier molecular flexibility index (Phi) is 4.84. The van der Waals surface area contributed by atoms with Crippen LogP contribution >= 0.6 is 0 Å². The summed E-state index contributed by atoms with van der Waals surface area (Å²) in [7, 11) is 0. The van der Waals surface area contributed by atoms with Crippen molar-refractivity contribution in [2.45, 2.75) is 20.4 Å². The zero-order valence-corrected chi connectivity index (χ0v) is 17.3. The number of benzene rings is 2. The fourth-order valence-electron chi connectivity index (χ4n) is 3.73. The standard InChI is InChI=1S/C24H21N7/c1-15-16(2)27-21-8-5-13-25-23(21)22(15)26-14-17-9-11-18(12-10-17)19-6-3-4-7-20(19)24-28-30-31-29-24/h3-13H,14H2,1-2H3,(H,26,27)(H,28,29,30,31). The molecule has 0 saturated heterocycles. The Hall–Kier alpha value is -4.13. The van der Waals surface area contributed by atoms with Gasteiger partial charge in [-0.1, -0.05) is 48.5 Å². The summed E-state index contributed by atoms with van der Waals surface area (Å²) in [6, 6.07) is 20.5. The Morgan fingerprint density at radius 1 is 0.903 bits per heavy atom. The first-order valence-electron chi connectivity index (χ1n) is 10.1. The van der Waals surface area contributed by atoms with Crippen molar-refractivity contribution in [3.05, 3.63) is 83.7 Å². The van der Waals surface area contributed by atoms with E-state index in [1.54, 1.807) is 6.20 Å². The number of aromatic nitrogens is 6. The van der Waals surface area contributed by atoms with Crippen LogP contribution in [0.5, 0.6) is 0 Å². The number of rotatable bonds is 5. The number of fused-ring (bicyclic) bond motifs is 1. The van der Waals surface area contributed by atoms with Gasteiger partial charge < -0.3 is 5.32 Å². The van der Waals surface area contributed by atoms with Crippen LogP contribution in [-0.2, 0) is 6.54 Å². The maximum atomic E-state index is 4.65. The molecule has 0 bridgehead atoms. The molecule has 0 unspecified atom stereocenters. The third-order valence-electron chi connectivity index (χ3n) is 5.49. The molecule has 0 fully saturated rings. The second-order valence-corrected chi connectivity index (χ2v) is 7.41. The topological polar surface area (TPSA) is 92.3 Å². The molecular weight excluding hydrogens is 386 g/mol. The van der Waals surface area contributed by atoms with E-state index in [0.29, 0.717) is 12.4 Å². The molecule has 3 aromatic heterocycles. The van der Waals surface area contributed by atoms with E-state index in [-0.39, 0.29) is 0 Å². The molecule has 5 aromatic rings. The largest absolute Gasteiger partial charge is 0.379 e. The van der Waals surface area contributed by atoms with E-state index in [0.717, 1.165) is 44.7 Å². The molecule has 152 valence electrons. The maximum Gasteiger partial charge on any atom is 0.180 e. The highest BCUT2D eigenvalue weighted by molar-refractivity contribution is 5.89. The zero-order chi connectivity index (χ0) is 21.2. The molecule has 0 radical (unpaired) electrons. The van der Waals surface area contributed by atoms with Gasteiger partial charge >= 0.3 is 0 Å². The van der Waals surface area contributed by atoms with Crippen LogP contribution in [0.3, 0.4) is 0 Å². The number of nitrogens with one attached hydrogen (secondary N) is 2. The Morgan fingerprint density at radius 2 is 1.71 bits per heavy atom. The average molecular weight is 407 g/mol. The van der Waals surface area contributed by atoms with E-state index in [4.69, 9.17) is 0 Å². The normalized spacial score (nSPS) is 11.0. The molecule has 0 aliphatic rings.